The fourth-order valence-electron chi connectivity index (χ4n) is 2.49. The molecule has 2 nitrogen and oxygen atoms in total. The fourth-order valence-corrected chi connectivity index (χ4v) is 3.07. The summed E-state index contributed by atoms with van der Waals surface area (Å²) in [5.74, 6) is 0.0326. The lowest BCUT2D eigenvalue weighted by Crippen LogP contribution is -2.25. The number of nitrogens with one attached hydrogen (secondary N) is 1. The van der Waals surface area contributed by atoms with E-state index in [1.165, 1.54) is 11.1 Å². The Morgan fingerprint density at radius 3 is 2.43 bits per heavy atom. The van der Waals surface area contributed by atoms with Gasteiger partial charge in [-0.3, -0.25) is 4.79 Å². The van der Waals surface area contributed by atoms with Crippen LogP contribution in [-0.4, -0.2) is 12.5 Å². The van der Waals surface area contributed by atoms with Crippen molar-refractivity contribution in [1.82, 2.24) is 5.32 Å². The summed E-state index contributed by atoms with van der Waals surface area (Å²) in [4.78, 5) is 11.9. The van der Waals surface area contributed by atoms with Gasteiger partial charge >= 0.3 is 0 Å². The van der Waals surface area contributed by atoms with Crippen LogP contribution in [0.2, 0.25) is 10.0 Å². The van der Waals surface area contributed by atoms with Gasteiger partial charge in [0.2, 0.25) is 5.91 Å². The largest absolute Gasteiger partial charge is 0.356 e. The van der Waals surface area contributed by atoms with E-state index in [4.69, 9.17) is 23.2 Å². The molecule has 0 aliphatic carbocycles. The third kappa shape index (κ3) is 5.89. The summed E-state index contributed by atoms with van der Waals surface area (Å²) >= 11 is 12.2. The van der Waals surface area contributed by atoms with Crippen LogP contribution < -0.4 is 5.32 Å². The molecule has 4 heteroatoms. The van der Waals surface area contributed by atoms with Crippen molar-refractivity contribution in [3.8, 4) is 0 Å². The first-order valence-electron chi connectivity index (χ1n) is 7.81. The van der Waals surface area contributed by atoms with Gasteiger partial charge in [-0.2, -0.15) is 0 Å². The van der Waals surface area contributed by atoms with Crippen molar-refractivity contribution in [2.24, 2.45) is 0 Å². The maximum Gasteiger partial charge on any atom is 0.220 e. The molecule has 0 radical (unpaired) electrons. The van der Waals surface area contributed by atoms with Crippen molar-refractivity contribution in [2.45, 2.75) is 32.6 Å². The van der Waals surface area contributed by atoms with Gasteiger partial charge in [-0.05, 0) is 49.4 Å². The van der Waals surface area contributed by atoms with Crippen LogP contribution in [0.5, 0.6) is 0 Å². The third-order valence-corrected chi connectivity index (χ3v) is 4.42. The van der Waals surface area contributed by atoms with Crippen LogP contribution in [0.4, 0.5) is 0 Å². The monoisotopic (exact) mass is 349 g/mol. The van der Waals surface area contributed by atoms with E-state index in [1.807, 2.05) is 0 Å². The number of carbonyl (C=O) groups excluding carboxylic acids is 1. The average molecular weight is 350 g/mol. The predicted molar refractivity (Wildman–Crippen MR) is 97.3 cm³/mol. The van der Waals surface area contributed by atoms with Gasteiger partial charge in [0.25, 0.3) is 0 Å². The summed E-state index contributed by atoms with van der Waals surface area (Å²) in [5, 5.41) is 4.18. The minimum atomic E-state index is 0.0326. The van der Waals surface area contributed by atoms with Crippen molar-refractivity contribution < 1.29 is 4.79 Å². The molecule has 0 bridgehead atoms. The first kappa shape index (κ1) is 17.8. The molecule has 0 saturated heterocycles. The molecule has 2 rings (SSSR count). The lowest BCUT2D eigenvalue weighted by molar-refractivity contribution is -0.121. The first-order valence-corrected chi connectivity index (χ1v) is 8.57. The lowest BCUT2D eigenvalue weighted by atomic mass is 10.1. The van der Waals surface area contributed by atoms with Crippen LogP contribution in [0.3, 0.4) is 0 Å². The Balaban J connectivity index is 1.69. The summed E-state index contributed by atoms with van der Waals surface area (Å²) < 4.78 is 0. The lowest BCUT2D eigenvalue weighted by Gasteiger charge is -2.08. The second-order valence-electron chi connectivity index (χ2n) is 5.64. The molecule has 0 aliphatic rings. The summed E-state index contributed by atoms with van der Waals surface area (Å²) in [6.45, 7) is 2.77. The van der Waals surface area contributed by atoms with Crippen molar-refractivity contribution >= 4 is 29.1 Å². The predicted octanol–water partition coefficient (Wildman–Crippen LogP) is 4.98. The quantitative estimate of drug-likeness (QED) is 0.701. The molecule has 1 N–H and O–H groups in total. The molecule has 0 spiro atoms. The number of rotatable bonds is 7. The molecular weight excluding hydrogens is 329 g/mol. The Labute approximate surface area is 147 Å². The second-order valence-corrected chi connectivity index (χ2v) is 6.46. The number of amides is 1. The number of halogens is 2. The number of aryl methyl sites for hydroxylation is 2. The topological polar surface area (TPSA) is 29.1 Å². The highest BCUT2D eigenvalue weighted by molar-refractivity contribution is 6.36. The Morgan fingerprint density at radius 2 is 1.74 bits per heavy atom. The molecule has 2 aromatic carbocycles. The van der Waals surface area contributed by atoms with E-state index in [1.54, 1.807) is 18.2 Å². The maximum absolute atomic E-state index is 11.9. The molecule has 0 fully saturated rings. The minimum Gasteiger partial charge on any atom is -0.356 e. The van der Waals surface area contributed by atoms with E-state index < -0.39 is 0 Å². The molecule has 122 valence electrons. The molecule has 2 aromatic rings. The van der Waals surface area contributed by atoms with Gasteiger partial charge in [-0.1, -0.05) is 59.1 Å². The highest BCUT2D eigenvalue weighted by atomic mass is 35.5. The zero-order chi connectivity index (χ0) is 16.7. The summed E-state index contributed by atoms with van der Waals surface area (Å²) in [6, 6.07) is 13.8. The normalized spacial score (nSPS) is 10.6. The molecule has 0 atom stereocenters. The van der Waals surface area contributed by atoms with Gasteiger partial charge in [0, 0.05) is 23.0 Å². The van der Waals surface area contributed by atoms with E-state index in [9.17, 15) is 4.79 Å². The first-order chi connectivity index (χ1) is 11.1. The van der Waals surface area contributed by atoms with E-state index in [2.05, 4.69) is 36.5 Å². The number of hydrogen-bond donors (Lipinski definition) is 1. The van der Waals surface area contributed by atoms with Crippen LogP contribution in [0.25, 0.3) is 0 Å². The van der Waals surface area contributed by atoms with Crippen molar-refractivity contribution in [3.63, 3.8) is 0 Å². The Morgan fingerprint density at radius 1 is 1.04 bits per heavy atom. The van der Waals surface area contributed by atoms with Crippen LogP contribution in [0, 0.1) is 6.92 Å². The molecule has 23 heavy (non-hydrogen) atoms. The zero-order valence-corrected chi connectivity index (χ0v) is 14.8. The molecule has 0 unspecified atom stereocenters. The number of carbonyl (C=O) groups is 1. The Kier molecular flexibility index (Phi) is 6.94. The number of benzene rings is 2. The van der Waals surface area contributed by atoms with Gasteiger partial charge in [-0.25, -0.2) is 0 Å². The molecule has 1 amide bonds. The Bertz CT molecular complexity index is 650. The molecule has 0 saturated carbocycles. The maximum atomic E-state index is 11.9. The van der Waals surface area contributed by atoms with Crippen LogP contribution in [0.1, 0.15) is 29.5 Å². The van der Waals surface area contributed by atoms with Crippen LogP contribution in [-0.2, 0) is 17.6 Å². The van der Waals surface area contributed by atoms with Gasteiger partial charge in [0.05, 0.1) is 0 Å². The standard InChI is InChI=1S/C19H21Cl2NO/c1-14-5-2-6-15(13-14)7-4-12-22-19(23)11-10-16-17(20)8-3-9-18(16)21/h2-3,5-6,8-9,13H,4,7,10-12H2,1H3,(H,22,23). The minimum absolute atomic E-state index is 0.0326. The fraction of sp³-hybridized carbons (Fsp3) is 0.316. The Hall–Kier alpha value is -1.51. The van der Waals surface area contributed by atoms with E-state index >= 15 is 0 Å². The molecule has 0 heterocycles. The summed E-state index contributed by atoms with van der Waals surface area (Å²) in [7, 11) is 0. The van der Waals surface area contributed by atoms with Gasteiger partial charge in [0.15, 0.2) is 0 Å². The van der Waals surface area contributed by atoms with Gasteiger partial charge in [0.1, 0.15) is 0 Å². The van der Waals surface area contributed by atoms with Crippen LogP contribution in [0.15, 0.2) is 42.5 Å². The third-order valence-electron chi connectivity index (χ3n) is 3.71. The van der Waals surface area contributed by atoms with E-state index in [-0.39, 0.29) is 5.91 Å². The van der Waals surface area contributed by atoms with Gasteiger partial charge in [-0.15, -0.1) is 0 Å². The van der Waals surface area contributed by atoms with E-state index in [0.29, 0.717) is 29.4 Å². The molecular formula is C19H21Cl2NO. The smallest absolute Gasteiger partial charge is 0.220 e. The van der Waals surface area contributed by atoms with Crippen molar-refractivity contribution in [3.05, 3.63) is 69.2 Å². The SMILES string of the molecule is Cc1cccc(CCCNC(=O)CCc2c(Cl)cccc2Cl)c1. The molecule has 0 aromatic heterocycles. The zero-order valence-electron chi connectivity index (χ0n) is 13.2. The van der Waals surface area contributed by atoms with Crippen molar-refractivity contribution in [2.75, 3.05) is 6.54 Å². The molecule has 0 aliphatic heterocycles. The second kappa shape index (κ2) is 8.95. The summed E-state index contributed by atoms with van der Waals surface area (Å²) in [6.07, 6.45) is 2.86. The number of hydrogen-bond acceptors (Lipinski definition) is 1. The van der Waals surface area contributed by atoms with E-state index in [0.717, 1.165) is 18.4 Å². The summed E-state index contributed by atoms with van der Waals surface area (Å²) in [5.41, 5.74) is 3.41. The highest BCUT2D eigenvalue weighted by Crippen LogP contribution is 2.25. The van der Waals surface area contributed by atoms with Gasteiger partial charge < -0.3 is 5.32 Å². The average Bonchev–Trinajstić information content (AvgIpc) is 2.51. The van der Waals surface area contributed by atoms with Crippen molar-refractivity contribution in [1.29, 1.82) is 0 Å². The highest BCUT2D eigenvalue weighted by Gasteiger charge is 2.08. The van der Waals surface area contributed by atoms with Crippen LogP contribution >= 0.6 is 23.2 Å².